The van der Waals surface area contributed by atoms with Gasteiger partial charge in [-0.05, 0) is 49.2 Å². The van der Waals surface area contributed by atoms with Crippen LogP contribution in [0.5, 0.6) is 0 Å². The number of carbonyl (C=O) groups is 2. The van der Waals surface area contributed by atoms with E-state index in [-0.39, 0.29) is 11.7 Å². The molecule has 1 aliphatic carbocycles. The molecule has 0 aliphatic heterocycles. The summed E-state index contributed by atoms with van der Waals surface area (Å²) in [6, 6.07) is 17.6. The third-order valence-corrected chi connectivity index (χ3v) is 5.36. The summed E-state index contributed by atoms with van der Waals surface area (Å²) in [5.74, 6) is -0.600. The highest BCUT2D eigenvalue weighted by Crippen LogP contribution is 2.29. The van der Waals surface area contributed by atoms with Crippen LogP contribution in [0.25, 0.3) is 0 Å². The quantitative estimate of drug-likeness (QED) is 0.307. The maximum Gasteiger partial charge on any atom is 0.331 e. The lowest BCUT2D eigenvalue weighted by atomic mass is 9.94. The third kappa shape index (κ3) is 4.82. The maximum atomic E-state index is 12.9. The second-order valence-corrected chi connectivity index (χ2v) is 7.46. The first-order chi connectivity index (χ1) is 12.6. The number of benzene rings is 2. The van der Waals surface area contributed by atoms with Crippen LogP contribution in [0.15, 0.2) is 69.5 Å². The van der Waals surface area contributed by atoms with Crippen molar-refractivity contribution in [2.24, 2.45) is 11.1 Å². The highest BCUT2D eigenvalue weighted by molar-refractivity contribution is 7.99. The Balaban J connectivity index is 1.76. The van der Waals surface area contributed by atoms with Gasteiger partial charge in [0.1, 0.15) is 5.71 Å². The lowest BCUT2D eigenvalue weighted by molar-refractivity contribution is -0.140. The monoisotopic (exact) mass is 367 g/mol. The Kier molecular flexibility index (Phi) is 6.23. The number of carbonyl (C=O) groups excluding carboxylic acids is 2. The summed E-state index contributed by atoms with van der Waals surface area (Å²) in [6.07, 6.45) is 3.97. The summed E-state index contributed by atoms with van der Waals surface area (Å²) in [4.78, 5) is 31.0. The van der Waals surface area contributed by atoms with Gasteiger partial charge in [0.05, 0.1) is 0 Å². The van der Waals surface area contributed by atoms with Crippen molar-refractivity contribution in [3.8, 4) is 0 Å². The van der Waals surface area contributed by atoms with Crippen molar-refractivity contribution < 1.29 is 14.4 Å². The van der Waals surface area contributed by atoms with Crippen LogP contribution in [0.3, 0.4) is 0 Å². The van der Waals surface area contributed by atoms with Gasteiger partial charge in [-0.25, -0.2) is 4.79 Å². The van der Waals surface area contributed by atoms with Gasteiger partial charge >= 0.3 is 5.97 Å². The highest BCUT2D eigenvalue weighted by Gasteiger charge is 2.28. The molecule has 5 heteroatoms. The lowest BCUT2D eigenvalue weighted by Crippen LogP contribution is -2.23. The summed E-state index contributed by atoms with van der Waals surface area (Å²) in [5.41, 5.74) is 0.932. The largest absolute Gasteiger partial charge is 0.331 e. The van der Waals surface area contributed by atoms with Gasteiger partial charge in [-0.1, -0.05) is 48.0 Å². The van der Waals surface area contributed by atoms with E-state index in [9.17, 15) is 9.59 Å². The van der Waals surface area contributed by atoms with Crippen molar-refractivity contribution >= 4 is 29.2 Å². The van der Waals surface area contributed by atoms with Crippen LogP contribution in [0.2, 0.25) is 0 Å². The summed E-state index contributed by atoms with van der Waals surface area (Å²) in [5, 5.41) is 3.88. The minimum Gasteiger partial charge on any atom is -0.318 e. The normalized spacial score (nSPS) is 15.0. The highest BCUT2D eigenvalue weighted by atomic mass is 32.2. The van der Waals surface area contributed by atoms with Gasteiger partial charge in [0.2, 0.25) is 5.78 Å². The van der Waals surface area contributed by atoms with E-state index in [2.05, 4.69) is 5.16 Å². The van der Waals surface area contributed by atoms with E-state index in [1.165, 1.54) is 6.92 Å². The smallest absolute Gasteiger partial charge is 0.318 e. The number of oxime groups is 1. The van der Waals surface area contributed by atoms with E-state index in [0.29, 0.717) is 11.3 Å². The Morgan fingerprint density at radius 3 is 2.19 bits per heavy atom. The average molecular weight is 367 g/mol. The van der Waals surface area contributed by atoms with Gasteiger partial charge in [-0.2, -0.15) is 0 Å². The van der Waals surface area contributed by atoms with Gasteiger partial charge in [-0.15, -0.1) is 0 Å². The van der Waals surface area contributed by atoms with Crippen molar-refractivity contribution in [2.75, 3.05) is 0 Å². The zero-order chi connectivity index (χ0) is 18.4. The van der Waals surface area contributed by atoms with E-state index >= 15 is 0 Å². The van der Waals surface area contributed by atoms with Crippen molar-refractivity contribution in [3.63, 3.8) is 0 Å². The van der Waals surface area contributed by atoms with Crippen molar-refractivity contribution in [1.29, 1.82) is 0 Å². The SMILES string of the molecule is CC(=O)O/N=C(/C(=O)c1ccc(Sc2ccccc2)cc1)C1CCCC1. The second kappa shape index (κ2) is 8.81. The Labute approximate surface area is 157 Å². The first-order valence-electron chi connectivity index (χ1n) is 8.76. The molecule has 0 atom stereocenters. The van der Waals surface area contributed by atoms with E-state index in [1.807, 2.05) is 54.6 Å². The number of hydrogen-bond donors (Lipinski definition) is 0. The summed E-state index contributed by atoms with van der Waals surface area (Å²) < 4.78 is 0. The third-order valence-electron chi connectivity index (χ3n) is 4.34. The Morgan fingerprint density at radius 1 is 0.962 bits per heavy atom. The molecule has 0 saturated heterocycles. The fraction of sp³-hybridized carbons (Fsp3) is 0.286. The van der Waals surface area contributed by atoms with Gasteiger partial charge in [0.15, 0.2) is 0 Å². The second-order valence-electron chi connectivity index (χ2n) is 6.31. The molecule has 2 aromatic rings. The minimum absolute atomic E-state index is 0.0696. The van der Waals surface area contributed by atoms with E-state index in [0.717, 1.165) is 35.5 Å². The summed E-state index contributed by atoms with van der Waals surface area (Å²) in [6.45, 7) is 1.29. The average Bonchev–Trinajstić information content (AvgIpc) is 3.17. The van der Waals surface area contributed by atoms with Crippen LogP contribution in [0.1, 0.15) is 43.0 Å². The number of ketones is 1. The van der Waals surface area contributed by atoms with Gasteiger partial charge in [-0.3, -0.25) is 4.79 Å². The molecule has 1 fully saturated rings. The molecule has 4 nitrogen and oxygen atoms in total. The number of hydrogen-bond acceptors (Lipinski definition) is 5. The number of nitrogens with zero attached hydrogens (tertiary/aromatic N) is 1. The summed E-state index contributed by atoms with van der Waals surface area (Å²) in [7, 11) is 0. The fourth-order valence-corrected chi connectivity index (χ4v) is 3.90. The molecule has 0 bridgehead atoms. The molecule has 26 heavy (non-hydrogen) atoms. The Hall–Kier alpha value is -2.40. The lowest BCUT2D eigenvalue weighted by Gasteiger charge is -2.11. The molecule has 0 spiro atoms. The number of rotatable bonds is 6. The molecule has 0 heterocycles. The Bertz CT molecular complexity index is 794. The van der Waals surface area contributed by atoms with Crippen LogP contribution < -0.4 is 0 Å². The molecule has 134 valence electrons. The Morgan fingerprint density at radius 2 is 1.58 bits per heavy atom. The van der Waals surface area contributed by atoms with Gasteiger partial charge in [0, 0.05) is 28.2 Å². The van der Waals surface area contributed by atoms with Crippen LogP contribution in [-0.2, 0) is 9.63 Å². The molecule has 0 unspecified atom stereocenters. The number of Topliss-reactive ketones (excluding diaryl/α,β-unsaturated/α-hetero) is 1. The van der Waals surface area contributed by atoms with Gasteiger partial charge < -0.3 is 4.84 Å². The van der Waals surface area contributed by atoms with E-state index < -0.39 is 5.97 Å². The van der Waals surface area contributed by atoms with Crippen LogP contribution >= 0.6 is 11.8 Å². The zero-order valence-corrected chi connectivity index (χ0v) is 15.5. The first-order valence-corrected chi connectivity index (χ1v) is 9.58. The van der Waals surface area contributed by atoms with E-state index in [4.69, 9.17) is 4.84 Å². The van der Waals surface area contributed by atoms with Crippen LogP contribution in [0.4, 0.5) is 0 Å². The standard InChI is InChI=1S/C21H21NO3S/c1-15(23)25-22-20(16-7-5-6-8-16)21(24)17-11-13-19(14-12-17)26-18-9-3-2-4-10-18/h2-4,9-14,16H,5-8H2,1H3/b22-20+. The van der Waals surface area contributed by atoms with Crippen molar-refractivity contribution in [3.05, 3.63) is 60.2 Å². The van der Waals surface area contributed by atoms with Crippen molar-refractivity contribution in [2.45, 2.75) is 42.4 Å². The van der Waals surface area contributed by atoms with Crippen molar-refractivity contribution in [1.82, 2.24) is 0 Å². The topological polar surface area (TPSA) is 55.7 Å². The molecule has 1 aliphatic rings. The minimum atomic E-state index is -0.511. The summed E-state index contributed by atoms with van der Waals surface area (Å²) >= 11 is 1.65. The molecule has 0 N–H and O–H groups in total. The molecule has 0 radical (unpaired) electrons. The van der Waals surface area contributed by atoms with Crippen LogP contribution in [0, 0.1) is 5.92 Å². The predicted molar refractivity (Wildman–Crippen MR) is 102 cm³/mol. The van der Waals surface area contributed by atoms with Crippen LogP contribution in [-0.4, -0.2) is 17.5 Å². The molecule has 2 aromatic carbocycles. The predicted octanol–water partition coefficient (Wildman–Crippen LogP) is 5.13. The molecule has 0 aromatic heterocycles. The van der Waals surface area contributed by atoms with E-state index in [1.54, 1.807) is 11.8 Å². The zero-order valence-electron chi connectivity index (χ0n) is 14.7. The first kappa shape index (κ1) is 18.4. The van der Waals surface area contributed by atoms with Gasteiger partial charge in [0.25, 0.3) is 0 Å². The molecular formula is C21H21NO3S. The maximum absolute atomic E-state index is 12.9. The molecule has 0 amide bonds. The molecule has 1 saturated carbocycles. The molecule has 3 rings (SSSR count). The fourth-order valence-electron chi connectivity index (χ4n) is 3.06. The molecular weight excluding hydrogens is 346 g/mol.